The maximum absolute atomic E-state index is 12.4. The molecule has 3 aromatic rings. The number of carbonyl (C=O) groups excluding carboxylic acids is 1. The molecule has 0 saturated carbocycles. The molecule has 0 spiro atoms. The van der Waals surface area contributed by atoms with E-state index >= 15 is 0 Å². The van der Waals surface area contributed by atoms with Gasteiger partial charge in [-0.1, -0.05) is 17.4 Å². The number of rotatable bonds is 6. The molecule has 1 N–H and O–H groups in total. The van der Waals surface area contributed by atoms with Gasteiger partial charge in [0.2, 0.25) is 5.13 Å². The normalized spacial score (nSPS) is 11.7. The number of hydrogen-bond acceptors (Lipinski definition) is 6. The minimum atomic E-state index is -0.652. The average Bonchev–Trinajstić information content (AvgIpc) is 3.13. The fourth-order valence-electron chi connectivity index (χ4n) is 2.38. The van der Waals surface area contributed by atoms with Gasteiger partial charge in [0, 0.05) is 5.56 Å². The summed E-state index contributed by atoms with van der Waals surface area (Å²) in [6, 6.07) is 13.3. The Hall–Kier alpha value is -2.93. The zero-order valence-corrected chi connectivity index (χ0v) is 16.5. The largest absolute Gasteiger partial charge is 0.497 e. The lowest BCUT2D eigenvalue weighted by molar-refractivity contribution is -0.122. The Kier molecular flexibility index (Phi) is 5.71. The first-order valence-corrected chi connectivity index (χ1v) is 9.30. The van der Waals surface area contributed by atoms with Crippen molar-refractivity contribution < 1.29 is 14.3 Å². The topological polar surface area (TPSA) is 73.3 Å². The molecule has 0 saturated heterocycles. The van der Waals surface area contributed by atoms with Crippen LogP contribution in [0.4, 0.5) is 5.13 Å². The van der Waals surface area contributed by atoms with Gasteiger partial charge in [0.05, 0.1) is 7.11 Å². The zero-order chi connectivity index (χ0) is 19.4. The number of hydrogen-bond donors (Lipinski definition) is 1. The van der Waals surface area contributed by atoms with E-state index in [9.17, 15) is 4.79 Å². The van der Waals surface area contributed by atoms with Gasteiger partial charge in [0.15, 0.2) is 6.10 Å². The van der Waals surface area contributed by atoms with Crippen molar-refractivity contribution >= 4 is 22.4 Å². The quantitative estimate of drug-likeness (QED) is 0.689. The van der Waals surface area contributed by atoms with Gasteiger partial charge in [0.25, 0.3) is 5.91 Å². The van der Waals surface area contributed by atoms with E-state index in [4.69, 9.17) is 9.47 Å². The van der Waals surface area contributed by atoms with Gasteiger partial charge < -0.3 is 9.47 Å². The van der Waals surface area contributed by atoms with Crippen molar-refractivity contribution in [1.29, 1.82) is 0 Å². The van der Waals surface area contributed by atoms with Crippen LogP contribution in [0.25, 0.3) is 10.6 Å². The number of benzene rings is 2. The SMILES string of the molecule is COc1ccc(-c2nnc(NC(=O)C(C)Oc3ccc(C)c(C)c3)s2)cc1. The fourth-order valence-corrected chi connectivity index (χ4v) is 3.13. The molecule has 2 aromatic carbocycles. The van der Waals surface area contributed by atoms with Gasteiger partial charge >= 0.3 is 0 Å². The Morgan fingerprint density at radius 2 is 1.74 bits per heavy atom. The molecule has 27 heavy (non-hydrogen) atoms. The second-order valence-electron chi connectivity index (χ2n) is 6.14. The van der Waals surface area contributed by atoms with Crippen LogP contribution in [0.15, 0.2) is 42.5 Å². The van der Waals surface area contributed by atoms with E-state index in [0.717, 1.165) is 21.9 Å². The van der Waals surface area contributed by atoms with E-state index in [-0.39, 0.29) is 5.91 Å². The van der Waals surface area contributed by atoms with Crippen LogP contribution >= 0.6 is 11.3 Å². The number of methoxy groups -OCH3 is 1. The van der Waals surface area contributed by atoms with Crippen molar-refractivity contribution in [3.8, 4) is 22.1 Å². The van der Waals surface area contributed by atoms with Gasteiger partial charge in [-0.05, 0) is 68.3 Å². The molecule has 0 bridgehead atoms. The molecule has 140 valence electrons. The molecule has 1 atom stereocenters. The summed E-state index contributed by atoms with van der Waals surface area (Å²) in [4.78, 5) is 12.4. The number of amides is 1. The second kappa shape index (κ2) is 8.18. The van der Waals surface area contributed by atoms with Crippen LogP contribution in [-0.2, 0) is 4.79 Å². The predicted octanol–water partition coefficient (Wildman–Crippen LogP) is 4.24. The molecule has 1 heterocycles. The van der Waals surface area contributed by atoms with Crippen LogP contribution in [0.5, 0.6) is 11.5 Å². The van der Waals surface area contributed by atoms with Crippen LogP contribution in [0.1, 0.15) is 18.1 Å². The van der Waals surface area contributed by atoms with Gasteiger partial charge in [0.1, 0.15) is 16.5 Å². The first kappa shape index (κ1) is 18.8. The van der Waals surface area contributed by atoms with Crippen LogP contribution in [-0.4, -0.2) is 29.3 Å². The minimum Gasteiger partial charge on any atom is -0.497 e. The first-order chi connectivity index (χ1) is 13.0. The third-order valence-corrected chi connectivity index (χ3v) is 5.04. The Labute approximate surface area is 162 Å². The highest BCUT2D eigenvalue weighted by atomic mass is 32.1. The Bertz CT molecular complexity index is 938. The van der Waals surface area contributed by atoms with Gasteiger partial charge in [-0.25, -0.2) is 0 Å². The third-order valence-electron chi connectivity index (χ3n) is 4.15. The van der Waals surface area contributed by atoms with E-state index in [0.29, 0.717) is 10.9 Å². The predicted molar refractivity (Wildman–Crippen MR) is 107 cm³/mol. The Morgan fingerprint density at radius 1 is 1.04 bits per heavy atom. The van der Waals surface area contributed by atoms with E-state index in [2.05, 4.69) is 15.5 Å². The maximum Gasteiger partial charge on any atom is 0.266 e. The molecule has 1 aromatic heterocycles. The average molecular weight is 383 g/mol. The summed E-state index contributed by atoms with van der Waals surface area (Å²) in [5, 5.41) is 12.1. The summed E-state index contributed by atoms with van der Waals surface area (Å²) >= 11 is 1.31. The van der Waals surface area contributed by atoms with Gasteiger partial charge in [-0.3, -0.25) is 10.1 Å². The molecule has 3 rings (SSSR count). The maximum atomic E-state index is 12.4. The molecule has 6 nitrogen and oxygen atoms in total. The monoisotopic (exact) mass is 383 g/mol. The number of ether oxygens (including phenoxy) is 2. The molecule has 0 aliphatic heterocycles. The number of aryl methyl sites for hydroxylation is 2. The van der Waals surface area contributed by atoms with Crippen molar-refractivity contribution in [2.45, 2.75) is 26.9 Å². The number of nitrogens with zero attached hydrogens (tertiary/aromatic N) is 2. The number of anilines is 1. The summed E-state index contributed by atoms with van der Waals surface area (Å²) < 4.78 is 10.9. The smallest absolute Gasteiger partial charge is 0.266 e. The van der Waals surface area contributed by atoms with Crippen molar-refractivity contribution in [3.05, 3.63) is 53.6 Å². The molecule has 0 aliphatic carbocycles. The molecular weight excluding hydrogens is 362 g/mol. The number of aromatic nitrogens is 2. The summed E-state index contributed by atoms with van der Waals surface area (Å²) in [7, 11) is 1.62. The van der Waals surface area contributed by atoms with E-state index in [1.807, 2.05) is 56.3 Å². The van der Waals surface area contributed by atoms with Crippen LogP contribution in [0.2, 0.25) is 0 Å². The highest BCUT2D eigenvalue weighted by Gasteiger charge is 2.17. The first-order valence-electron chi connectivity index (χ1n) is 8.49. The Morgan fingerprint density at radius 3 is 2.41 bits per heavy atom. The number of nitrogens with one attached hydrogen (secondary N) is 1. The summed E-state index contributed by atoms with van der Waals surface area (Å²) in [5.74, 6) is 1.16. The molecule has 1 amide bonds. The molecule has 7 heteroatoms. The van der Waals surface area contributed by atoms with Crippen LogP contribution < -0.4 is 14.8 Å². The standard InChI is InChI=1S/C20H21N3O3S/c1-12-5-8-17(11-13(12)2)26-14(3)18(24)21-20-23-22-19(27-20)15-6-9-16(25-4)10-7-15/h5-11,14H,1-4H3,(H,21,23,24). The van der Waals surface area contributed by atoms with Gasteiger partial charge in [-0.2, -0.15) is 0 Å². The number of carbonyl (C=O) groups is 1. The highest BCUT2D eigenvalue weighted by molar-refractivity contribution is 7.18. The summed E-state index contributed by atoms with van der Waals surface area (Å²) in [6.45, 7) is 5.75. The van der Waals surface area contributed by atoms with Crippen LogP contribution in [0.3, 0.4) is 0 Å². The van der Waals surface area contributed by atoms with E-state index in [1.165, 1.54) is 16.9 Å². The minimum absolute atomic E-state index is 0.273. The lowest BCUT2D eigenvalue weighted by atomic mass is 10.1. The lowest BCUT2D eigenvalue weighted by Gasteiger charge is -2.14. The summed E-state index contributed by atoms with van der Waals surface area (Å²) in [5.41, 5.74) is 3.21. The van der Waals surface area contributed by atoms with Gasteiger partial charge in [-0.15, -0.1) is 10.2 Å². The van der Waals surface area contributed by atoms with Crippen molar-refractivity contribution in [3.63, 3.8) is 0 Å². The molecule has 0 aliphatic rings. The molecular formula is C20H21N3O3S. The van der Waals surface area contributed by atoms with E-state index < -0.39 is 6.10 Å². The Balaban J connectivity index is 1.63. The second-order valence-corrected chi connectivity index (χ2v) is 7.11. The highest BCUT2D eigenvalue weighted by Crippen LogP contribution is 2.28. The fraction of sp³-hybridized carbons (Fsp3) is 0.250. The third kappa shape index (κ3) is 4.62. The summed E-state index contributed by atoms with van der Waals surface area (Å²) in [6.07, 6.45) is -0.652. The molecule has 0 fully saturated rings. The zero-order valence-electron chi connectivity index (χ0n) is 15.6. The molecule has 1 unspecified atom stereocenters. The van der Waals surface area contributed by atoms with Crippen molar-refractivity contribution in [2.24, 2.45) is 0 Å². The van der Waals surface area contributed by atoms with Crippen molar-refractivity contribution in [1.82, 2.24) is 10.2 Å². The van der Waals surface area contributed by atoms with Crippen LogP contribution in [0, 0.1) is 13.8 Å². The lowest BCUT2D eigenvalue weighted by Crippen LogP contribution is -2.30. The van der Waals surface area contributed by atoms with Crippen molar-refractivity contribution in [2.75, 3.05) is 12.4 Å². The van der Waals surface area contributed by atoms with E-state index in [1.54, 1.807) is 14.0 Å². The molecule has 0 radical (unpaired) electrons.